The van der Waals surface area contributed by atoms with Crippen LogP contribution in [0.3, 0.4) is 0 Å². The van der Waals surface area contributed by atoms with Crippen molar-refractivity contribution >= 4 is 59.0 Å². The summed E-state index contributed by atoms with van der Waals surface area (Å²) in [6.07, 6.45) is 11.0. The first-order valence-electron chi connectivity index (χ1n) is 11.1. The van der Waals surface area contributed by atoms with Crippen molar-refractivity contribution in [2.75, 3.05) is 0 Å². The Labute approximate surface area is 228 Å². The average molecular weight is 564 g/mol. The molecule has 0 saturated carbocycles. The minimum absolute atomic E-state index is 0. The van der Waals surface area contributed by atoms with Crippen molar-refractivity contribution in [3.63, 3.8) is 0 Å². The Morgan fingerprint density at radius 1 is 0.625 bits per heavy atom. The predicted molar refractivity (Wildman–Crippen MR) is 159 cm³/mol. The van der Waals surface area contributed by atoms with Gasteiger partial charge in [-0.2, -0.15) is 44.8 Å². The number of rotatable bonds is 2. The first-order chi connectivity index (χ1) is 13.1. The molecule has 2 aliphatic rings. The van der Waals surface area contributed by atoms with Crippen molar-refractivity contribution in [2.24, 2.45) is 0 Å². The molecule has 0 atom stereocenters. The monoisotopic (exact) mass is 562 g/mol. The molecule has 0 aromatic heterocycles. The topological polar surface area (TPSA) is 0 Å². The molecule has 0 heterocycles. The van der Waals surface area contributed by atoms with E-state index in [9.17, 15) is 0 Å². The first-order valence-corrected chi connectivity index (χ1v) is 22.1. The normalized spacial score (nSPS) is 14.0. The molecule has 2 aliphatic carbocycles. The van der Waals surface area contributed by atoms with Gasteiger partial charge >= 0.3 is 26.8 Å². The fourth-order valence-corrected chi connectivity index (χ4v) is 6.69. The standard InChI is InChI=1S/2C12H19Si.2CH3.2ClH.H2Si.Ti/c2*1-13(2,3)12-8-10-6-4-5-7-11(10)9-12;;;;;;/h2*8-9H,4-7H2,1-3H3;2*1H3;2*1H;1H2;/q4*-1;;;;. The number of aryl methyl sites for hydroxylation is 4. The maximum atomic E-state index is 2.49. The third-order valence-corrected chi connectivity index (χ3v) is 10.2. The van der Waals surface area contributed by atoms with Crippen LogP contribution < -0.4 is 10.4 Å². The van der Waals surface area contributed by atoms with Crippen molar-refractivity contribution in [3.8, 4) is 0 Å². The molecule has 0 aliphatic heterocycles. The summed E-state index contributed by atoms with van der Waals surface area (Å²) in [5, 5.41) is 3.33. The SMILES string of the molecule is C[Si](C)(C)c1cc2c([cH-]1)CCCC2.C[Si](C)(C)c1cc2c([cH-]1)CCCC2.Cl.Cl.[CH3-].[CH3-].[SiH2]=[Ti]. The molecule has 0 fully saturated rings. The summed E-state index contributed by atoms with van der Waals surface area (Å²) in [5.41, 5.74) is 6.62. The van der Waals surface area contributed by atoms with E-state index >= 15 is 0 Å². The van der Waals surface area contributed by atoms with E-state index in [1.54, 1.807) is 32.6 Å². The summed E-state index contributed by atoms with van der Waals surface area (Å²) in [4.78, 5) is 0. The quantitative estimate of drug-likeness (QED) is 0.290. The number of hydrogen-bond acceptors (Lipinski definition) is 0. The zero-order valence-electron chi connectivity index (χ0n) is 22.0. The molecule has 0 bridgehead atoms. The van der Waals surface area contributed by atoms with E-state index in [4.69, 9.17) is 0 Å². The molecule has 0 nitrogen and oxygen atoms in total. The Morgan fingerprint density at radius 3 is 1.16 bits per heavy atom. The van der Waals surface area contributed by atoms with Crippen LogP contribution in [0.15, 0.2) is 24.3 Å². The van der Waals surface area contributed by atoms with Gasteiger partial charge in [0.05, 0.1) is 16.1 Å². The van der Waals surface area contributed by atoms with Crippen LogP contribution >= 0.6 is 24.8 Å². The molecular weight excluding hydrogens is 515 g/mol. The van der Waals surface area contributed by atoms with E-state index < -0.39 is 16.1 Å². The fourth-order valence-electron chi connectivity index (χ4n) is 4.26. The Balaban J connectivity index is -0.000000437. The van der Waals surface area contributed by atoms with Gasteiger partial charge in [0.1, 0.15) is 0 Å². The third-order valence-electron chi connectivity index (χ3n) is 6.16. The van der Waals surface area contributed by atoms with Crippen molar-refractivity contribution in [3.05, 3.63) is 61.4 Å². The van der Waals surface area contributed by atoms with Crippen LogP contribution in [0.1, 0.15) is 47.9 Å². The summed E-state index contributed by atoms with van der Waals surface area (Å²) in [6.45, 7) is 14.6. The van der Waals surface area contributed by atoms with Crippen LogP contribution in [-0.4, -0.2) is 23.8 Å². The fraction of sp³-hybridized carbons (Fsp3) is 0.538. The first kappa shape index (κ1) is 37.2. The van der Waals surface area contributed by atoms with Gasteiger partial charge in [0.25, 0.3) is 0 Å². The molecule has 0 saturated heterocycles. The molecule has 0 spiro atoms. The van der Waals surface area contributed by atoms with Gasteiger partial charge in [-0.05, 0) is 0 Å². The van der Waals surface area contributed by atoms with E-state index in [-0.39, 0.29) is 39.7 Å². The Kier molecular flexibility index (Phi) is 19.0. The van der Waals surface area contributed by atoms with E-state index in [0.29, 0.717) is 0 Å². The van der Waals surface area contributed by atoms with E-state index in [2.05, 4.69) is 63.5 Å². The molecule has 0 amide bonds. The van der Waals surface area contributed by atoms with Crippen LogP contribution in [0.2, 0.25) is 39.3 Å². The summed E-state index contributed by atoms with van der Waals surface area (Å²) < 4.78 is 0. The van der Waals surface area contributed by atoms with Gasteiger partial charge in [-0.1, -0.05) is 90.6 Å². The van der Waals surface area contributed by atoms with Gasteiger partial charge in [-0.15, -0.1) is 24.8 Å². The third kappa shape index (κ3) is 10.5. The number of halogens is 2. The van der Waals surface area contributed by atoms with Gasteiger partial charge in [0, 0.05) is 0 Å². The van der Waals surface area contributed by atoms with E-state index in [1.165, 1.54) is 51.4 Å². The second-order valence-electron chi connectivity index (χ2n) is 10.5. The zero-order chi connectivity index (χ0) is 20.9. The molecule has 2 aromatic carbocycles. The molecule has 0 N–H and O–H groups in total. The molecule has 6 heteroatoms. The van der Waals surface area contributed by atoms with Crippen LogP contribution in [0.25, 0.3) is 0 Å². The maximum absolute atomic E-state index is 2.49. The summed E-state index contributed by atoms with van der Waals surface area (Å²) in [7, 11) is -0.236. The van der Waals surface area contributed by atoms with Crippen LogP contribution in [0.5, 0.6) is 0 Å². The van der Waals surface area contributed by atoms with Crippen molar-refractivity contribution in [1.82, 2.24) is 0 Å². The Hall–Kier alpha value is 0.645. The Morgan fingerprint density at radius 2 is 0.906 bits per heavy atom. The molecular formula is C26H48Cl2Si3Ti-4. The minimum atomic E-state index is -1.05. The summed E-state index contributed by atoms with van der Waals surface area (Å²) in [5.74, 6) is 0. The van der Waals surface area contributed by atoms with Crippen LogP contribution in [0.4, 0.5) is 0 Å². The molecule has 186 valence electrons. The predicted octanol–water partition coefficient (Wildman–Crippen LogP) is 6.48. The molecule has 2 aromatic rings. The number of fused-ring (bicyclic) bond motifs is 2. The second-order valence-corrected chi connectivity index (χ2v) is 20.7. The van der Waals surface area contributed by atoms with Gasteiger partial charge < -0.3 is 14.9 Å². The Bertz CT molecular complexity index is 656. The second kappa shape index (κ2) is 16.3. The summed E-state index contributed by atoms with van der Waals surface area (Å²) in [6, 6.07) is 9.95. The molecule has 4 rings (SSSR count). The average Bonchev–Trinajstić information content (AvgIpc) is 3.27. The van der Waals surface area contributed by atoms with E-state index in [0.717, 1.165) is 0 Å². The van der Waals surface area contributed by atoms with Gasteiger partial charge in [0.15, 0.2) is 0 Å². The van der Waals surface area contributed by atoms with E-state index in [1.807, 2.05) is 26.8 Å². The van der Waals surface area contributed by atoms with Gasteiger partial charge in [0.2, 0.25) is 0 Å². The summed E-state index contributed by atoms with van der Waals surface area (Å²) >= 11 is 2.03. The van der Waals surface area contributed by atoms with Crippen LogP contribution in [0, 0.1) is 14.9 Å². The zero-order valence-corrected chi connectivity index (χ0v) is 28.6. The number of hydrogen-bond donors (Lipinski definition) is 0. The molecule has 0 unspecified atom stereocenters. The van der Waals surface area contributed by atoms with Gasteiger partial charge in [-0.3, -0.25) is 0 Å². The molecule has 32 heavy (non-hydrogen) atoms. The van der Waals surface area contributed by atoms with Crippen molar-refractivity contribution in [2.45, 2.75) is 90.6 Å². The van der Waals surface area contributed by atoms with Crippen molar-refractivity contribution < 1.29 is 19.2 Å². The molecule has 0 radical (unpaired) electrons. The van der Waals surface area contributed by atoms with Crippen LogP contribution in [-0.2, 0) is 44.9 Å². The van der Waals surface area contributed by atoms with Crippen molar-refractivity contribution in [1.29, 1.82) is 0 Å². The van der Waals surface area contributed by atoms with Gasteiger partial charge in [-0.25, -0.2) is 12.1 Å².